The van der Waals surface area contributed by atoms with Gasteiger partial charge >= 0.3 is 6.18 Å². The highest BCUT2D eigenvalue weighted by Gasteiger charge is 2.55. The van der Waals surface area contributed by atoms with Gasteiger partial charge in [-0.1, -0.05) is 55.0 Å². The van der Waals surface area contributed by atoms with Crippen LogP contribution in [0.1, 0.15) is 74.0 Å². The lowest BCUT2D eigenvalue weighted by molar-refractivity contribution is -0.138. The molecule has 1 unspecified atom stereocenters. The molecular formula is C24H26F4. The van der Waals surface area contributed by atoms with Gasteiger partial charge < -0.3 is 0 Å². The molecule has 0 amide bonds. The fourth-order valence-corrected chi connectivity index (χ4v) is 5.69. The van der Waals surface area contributed by atoms with Gasteiger partial charge in [0.05, 0.1) is 5.56 Å². The third-order valence-corrected chi connectivity index (χ3v) is 7.15. The van der Waals surface area contributed by atoms with E-state index in [1.807, 2.05) is 30.3 Å². The van der Waals surface area contributed by atoms with Crippen molar-refractivity contribution in [2.45, 2.75) is 69.1 Å². The Balaban J connectivity index is 1.61. The van der Waals surface area contributed by atoms with Crippen molar-refractivity contribution in [3.8, 4) is 0 Å². The van der Waals surface area contributed by atoms with Gasteiger partial charge in [-0.05, 0) is 68.1 Å². The number of rotatable bonds is 2. The lowest BCUT2D eigenvalue weighted by Crippen LogP contribution is -2.47. The van der Waals surface area contributed by atoms with Gasteiger partial charge in [0, 0.05) is 5.41 Å². The molecule has 0 heterocycles. The molecule has 0 saturated heterocycles. The summed E-state index contributed by atoms with van der Waals surface area (Å²) in [4.78, 5) is 0. The highest BCUT2D eigenvalue weighted by atomic mass is 19.4. The molecule has 2 saturated carbocycles. The zero-order valence-electron chi connectivity index (χ0n) is 15.9. The highest BCUT2D eigenvalue weighted by molar-refractivity contribution is 5.34. The quantitative estimate of drug-likeness (QED) is 0.459. The van der Waals surface area contributed by atoms with Crippen molar-refractivity contribution in [3.63, 3.8) is 0 Å². The maximum absolute atomic E-state index is 16.5. The van der Waals surface area contributed by atoms with E-state index in [4.69, 9.17) is 0 Å². The van der Waals surface area contributed by atoms with Crippen molar-refractivity contribution in [1.29, 1.82) is 0 Å². The molecule has 2 aromatic rings. The van der Waals surface area contributed by atoms with Crippen LogP contribution >= 0.6 is 0 Å². The first-order valence-corrected chi connectivity index (χ1v) is 10.3. The van der Waals surface area contributed by atoms with E-state index >= 15 is 4.39 Å². The second-order valence-corrected chi connectivity index (χ2v) is 8.51. The molecule has 1 spiro atoms. The Morgan fingerprint density at radius 3 is 2.04 bits per heavy atom. The fraction of sp³-hybridized carbons (Fsp3) is 0.500. The summed E-state index contributed by atoms with van der Waals surface area (Å²) in [7, 11) is 0. The predicted octanol–water partition coefficient (Wildman–Crippen LogP) is 7.79. The molecule has 4 rings (SSSR count). The third-order valence-electron chi connectivity index (χ3n) is 7.15. The molecule has 0 radical (unpaired) electrons. The van der Waals surface area contributed by atoms with Crippen molar-refractivity contribution in [2.24, 2.45) is 5.41 Å². The predicted molar refractivity (Wildman–Crippen MR) is 103 cm³/mol. The summed E-state index contributed by atoms with van der Waals surface area (Å²) >= 11 is 0. The SMILES string of the molecule is FC(F)(F)c1ccccc1C1CCC2(CCCCC2(F)c2ccccc2)CC1. The van der Waals surface area contributed by atoms with Crippen molar-refractivity contribution in [2.75, 3.05) is 0 Å². The zero-order valence-corrected chi connectivity index (χ0v) is 15.9. The summed E-state index contributed by atoms with van der Waals surface area (Å²) in [5.74, 6) is -0.148. The van der Waals surface area contributed by atoms with Crippen LogP contribution in [0.25, 0.3) is 0 Å². The normalized spacial score (nSPS) is 31.1. The van der Waals surface area contributed by atoms with Crippen LogP contribution in [0, 0.1) is 5.41 Å². The van der Waals surface area contributed by atoms with Crippen molar-refractivity contribution < 1.29 is 17.6 Å². The van der Waals surface area contributed by atoms with Crippen LogP contribution in [0.15, 0.2) is 54.6 Å². The average Bonchev–Trinajstić information content (AvgIpc) is 2.71. The molecule has 2 aliphatic carbocycles. The van der Waals surface area contributed by atoms with Crippen LogP contribution in [-0.4, -0.2) is 0 Å². The number of halogens is 4. The zero-order chi connectivity index (χ0) is 19.8. The Morgan fingerprint density at radius 1 is 0.750 bits per heavy atom. The topological polar surface area (TPSA) is 0 Å². The van der Waals surface area contributed by atoms with Gasteiger partial charge in [0.1, 0.15) is 5.67 Å². The molecule has 0 bridgehead atoms. The molecule has 0 aromatic heterocycles. The maximum Gasteiger partial charge on any atom is 0.416 e. The first kappa shape index (κ1) is 19.5. The second kappa shape index (κ2) is 7.20. The third kappa shape index (κ3) is 3.25. The summed E-state index contributed by atoms with van der Waals surface area (Å²) in [6.45, 7) is 0. The van der Waals surface area contributed by atoms with Crippen LogP contribution in [0.4, 0.5) is 17.6 Å². The Bertz CT molecular complexity index is 803. The van der Waals surface area contributed by atoms with E-state index in [-0.39, 0.29) is 5.92 Å². The Morgan fingerprint density at radius 2 is 1.36 bits per heavy atom. The molecule has 0 nitrogen and oxygen atoms in total. The number of hydrogen-bond acceptors (Lipinski definition) is 0. The van der Waals surface area contributed by atoms with E-state index in [0.29, 0.717) is 37.7 Å². The van der Waals surface area contributed by atoms with E-state index in [9.17, 15) is 13.2 Å². The van der Waals surface area contributed by atoms with E-state index in [0.717, 1.165) is 24.8 Å². The second-order valence-electron chi connectivity index (χ2n) is 8.51. The summed E-state index contributed by atoms with van der Waals surface area (Å²) in [5, 5.41) is 0. The van der Waals surface area contributed by atoms with Gasteiger partial charge in [-0.3, -0.25) is 0 Å². The molecule has 0 aliphatic heterocycles. The van der Waals surface area contributed by atoms with Crippen LogP contribution in [0.2, 0.25) is 0 Å². The minimum Gasteiger partial charge on any atom is -0.238 e. The van der Waals surface area contributed by atoms with Gasteiger partial charge in [0.25, 0.3) is 0 Å². The van der Waals surface area contributed by atoms with Gasteiger partial charge in [-0.15, -0.1) is 0 Å². The lowest BCUT2D eigenvalue weighted by atomic mass is 9.54. The van der Waals surface area contributed by atoms with Crippen molar-refractivity contribution in [1.82, 2.24) is 0 Å². The summed E-state index contributed by atoms with van der Waals surface area (Å²) in [6, 6.07) is 15.3. The molecule has 2 fully saturated rings. The first-order valence-electron chi connectivity index (χ1n) is 10.3. The Labute approximate surface area is 164 Å². The van der Waals surface area contributed by atoms with Crippen molar-refractivity contribution in [3.05, 3.63) is 71.3 Å². The van der Waals surface area contributed by atoms with E-state index in [1.54, 1.807) is 12.1 Å². The minimum atomic E-state index is -4.34. The summed E-state index contributed by atoms with van der Waals surface area (Å²) in [5.41, 5.74) is -1.24. The highest BCUT2D eigenvalue weighted by Crippen LogP contribution is 2.61. The van der Waals surface area contributed by atoms with Gasteiger partial charge in [0.15, 0.2) is 0 Å². The van der Waals surface area contributed by atoms with E-state index < -0.39 is 22.8 Å². The molecule has 28 heavy (non-hydrogen) atoms. The van der Waals surface area contributed by atoms with Crippen LogP contribution in [-0.2, 0) is 11.8 Å². The molecule has 2 aliphatic rings. The van der Waals surface area contributed by atoms with Crippen LogP contribution < -0.4 is 0 Å². The standard InChI is InChI=1S/C24H26F4/c25-23(19-8-2-1-3-9-19)15-7-6-14-22(23)16-12-18(13-17-22)20-10-4-5-11-21(20)24(26,27)28/h1-5,8-11,18H,6-7,12-17H2. The smallest absolute Gasteiger partial charge is 0.238 e. The van der Waals surface area contributed by atoms with Gasteiger partial charge in [-0.2, -0.15) is 13.2 Å². The Kier molecular flexibility index (Phi) is 5.01. The summed E-state index contributed by atoms with van der Waals surface area (Å²) in [6.07, 6.45) is 1.40. The van der Waals surface area contributed by atoms with E-state index in [2.05, 4.69) is 0 Å². The van der Waals surface area contributed by atoms with Crippen LogP contribution in [0.3, 0.4) is 0 Å². The van der Waals surface area contributed by atoms with Gasteiger partial charge in [-0.25, -0.2) is 4.39 Å². The molecule has 4 heteroatoms. The van der Waals surface area contributed by atoms with Crippen molar-refractivity contribution >= 4 is 0 Å². The number of alkyl halides is 4. The fourth-order valence-electron chi connectivity index (χ4n) is 5.69. The minimum absolute atomic E-state index is 0.148. The molecule has 150 valence electrons. The lowest BCUT2D eigenvalue weighted by Gasteiger charge is -2.52. The average molecular weight is 390 g/mol. The monoisotopic (exact) mass is 390 g/mol. The molecular weight excluding hydrogens is 364 g/mol. The largest absolute Gasteiger partial charge is 0.416 e. The Hall–Kier alpha value is -1.84. The number of benzene rings is 2. The maximum atomic E-state index is 16.5. The molecule has 1 atom stereocenters. The van der Waals surface area contributed by atoms with Gasteiger partial charge in [0.2, 0.25) is 0 Å². The summed E-state index contributed by atoms with van der Waals surface area (Å²) < 4.78 is 56.8. The molecule has 0 N–H and O–H groups in total. The number of hydrogen-bond donors (Lipinski definition) is 0. The molecule has 2 aromatic carbocycles. The van der Waals surface area contributed by atoms with Crippen LogP contribution in [0.5, 0.6) is 0 Å². The first-order chi connectivity index (χ1) is 13.4. The van der Waals surface area contributed by atoms with E-state index in [1.165, 1.54) is 12.1 Å².